The van der Waals surface area contributed by atoms with Crippen molar-refractivity contribution >= 4 is 28.4 Å². The summed E-state index contributed by atoms with van der Waals surface area (Å²) in [5.41, 5.74) is 2.10. The number of nitriles is 1. The normalized spacial score (nSPS) is 17.7. The van der Waals surface area contributed by atoms with Gasteiger partial charge in [0.05, 0.1) is 18.8 Å². The maximum Gasteiger partial charge on any atom is 0.277 e. The molecule has 0 aliphatic carbocycles. The molecule has 2 aliphatic rings. The molecule has 4 heterocycles. The van der Waals surface area contributed by atoms with E-state index >= 15 is 0 Å². The number of nitrogens with zero attached hydrogens (tertiary/aromatic N) is 7. The van der Waals surface area contributed by atoms with Gasteiger partial charge in [-0.05, 0) is 49.5 Å². The van der Waals surface area contributed by atoms with Crippen molar-refractivity contribution in [2.45, 2.75) is 32.1 Å². The summed E-state index contributed by atoms with van der Waals surface area (Å²) in [5, 5.41) is 37.4. The van der Waals surface area contributed by atoms with E-state index < -0.39 is 6.29 Å². The lowest BCUT2D eigenvalue weighted by atomic mass is 9.93. The van der Waals surface area contributed by atoms with E-state index in [-0.39, 0.29) is 5.56 Å². The Kier molecular flexibility index (Phi) is 8.09. The minimum atomic E-state index is -1.22. The Morgan fingerprint density at radius 3 is 2.47 bits per heavy atom. The van der Waals surface area contributed by atoms with Crippen LogP contribution in [0.5, 0.6) is 0 Å². The first-order valence-electron chi connectivity index (χ1n) is 13.0. The SMILES string of the molecule is N#CCN1CCN(c2nc(Nc3ccc(CN4CCC(CC(O)O)CC4)cc3)c3c(=O)[nH]ncc3n2)CC1. The largest absolute Gasteiger partial charge is 0.368 e. The molecule has 2 saturated heterocycles. The number of hydrogen-bond acceptors (Lipinski definition) is 11. The van der Waals surface area contributed by atoms with E-state index in [0.29, 0.717) is 54.6 Å². The standard InChI is InChI=1S/C26H33N9O3/c27-7-10-33-11-13-35(14-12-33)26-30-21-16-28-32-25(38)23(21)24(31-26)29-20-3-1-19(2-4-20)17-34-8-5-18(6-9-34)15-22(36)37/h1-4,16,18,22,36-37H,5-6,8-15,17H2,(H,32,38)(H,29,30,31). The summed E-state index contributed by atoms with van der Waals surface area (Å²) in [4.78, 5) is 28.5. The molecule has 0 spiro atoms. The van der Waals surface area contributed by atoms with Crippen LogP contribution in [-0.2, 0) is 6.54 Å². The summed E-state index contributed by atoms with van der Waals surface area (Å²) in [5.74, 6) is 1.32. The Morgan fingerprint density at radius 1 is 1.05 bits per heavy atom. The second kappa shape index (κ2) is 11.8. The number of piperazine rings is 1. The number of aromatic amines is 1. The molecule has 0 unspecified atom stereocenters. The minimum absolute atomic E-state index is 0.354. The number of fused-ring (bicyclic) bond motifs is 1. The van der Waals surface area contributed by atoms with Gasteiger partial charge < -0.3 is 20.4 Å². The van der Waals surface area contributed by atoms with Gasteiger partial charge in [-0.1, -0.05) is 12.1 Å². The van der Waals surface area contributed by atoms with Crippen LogP contribution < -0.4 is 15.8 Å². The molecule has 2 aliphatic heterocycles. The topological polar surface area (TPSA) is 158 Å². The number of aromatic nitrogens is 4. The van der Waals surface area contributed by atoms with Crippen LogP contribution in [0.25, 0.3) is 10.9 Å². The van der Waals surface area contributed by atoms with E-state index in [0.717, 1.165) is 51.3 Å². The number of H-pyrrole nitrogens is 1. The maximum atomic E-state index is 12.6. The molecule has 2 aromatic heterocycles. The van der Waals surface area contributed by atoms with E-state index in [9.17, 15) is 15.0 Å². The zero-order valence-corrected chi connectivity index (χ0v) is 21.3. The second-order valence-electron chi connectivity index (χ2n) is 10.0. The van der Waals surface area contributed by atoms with Crippen molar-refractivity contribution in [2.75, 3.05) is 56.0 Å². The number of rotatable bonds is 8. The first-order valence-corrected chi connectivity index (χ1v) is 13.0. The van der Waals surface area contributed by atoms with E-state index in [2.05, 4.69) is 53.4 Å². The third-order valence-electron chi connectivity index (χ3n) is 7.33. The Morgan fingerprint density at radius 2 is 1.79 bits per heavy atom. The molecule has 0 amide bonds. The lowest BCUT2D eigenvalue weighted by Crippen LogP contribution is -2.47. The predicted octanol–water partition coefficient (Wildman–Crippen LogP) is 1.02. The van der Waals surface area contributed by atoms with E-state index in [4.69, 9.17) is 10.2 Å². The van der Waals surface area contributed by atoms with Crippen molar-refractivity contribution in [3.8, 4) is 6.07 Å². The first-order chi connectivity index (χ1) is 18.5. The zero-order chi connectivity index (χ0) is 26.5. The molecule has 1 aromatic carbocycles. The van der Waals surface area contributed by atoms with Gasteiger partial charge in [-0.2, -0.15) is 15.3 Å². The molecule has 38 heavy (non-hydrogen) atoms. The molecule has 200 valence electrons. The molecule has 4 N–H and O–H groups in total. The summed E-state index contributed by atoms with van der Waals surface area (Å²) < 4.78 is 0. The van der Waals surface area contributed by atoms with Gasteiger partial charge in [0, 0.05) is 44.8 Å². The summed E-state index contributed by atoms with van der Waals surface area (Å²) in [7, 11) is 0. The molecular weight excluding hydrogens is 486 g/mol. The van der Waals surface area contributed by atoms with Gasteiger partial charge in [-0.15, -0.1) is 0 Å². The maximum absolute atomic E-state index is 12.6. The second-order valence-corrected chi connectivity index (χ2v) is 10.0. The minimum Gasteiger partial charge on any atom is -0.368 e. The monoisotopic (exact) mass is 519 g/mol. The van der Waals surface area contributed by atoms with Crippen LogP contribution in [-0.4, -0.2) is 92.3 Å². The Bertz CT molecular complexity index is 1320. The van der Waals surface area contributed by atoms with Gasteiger partial charge in [0.25, 0.3) is 5.56 Å². The molecule has 0 saturated carbocycles. The molecule has 5 rings (SSSR count). The average Bonchev–Trinajstić information content (AvgIpc) is 2.91. The molecule has 2 fully saturated rings. The highest BCUT2D eigenvalue weighted by atomic mass is 16.5. The number of likely N-dealkylation sites (tertiary alicyclic amines) is 1. The summed E-state index contributed by atoms with van der Waals surface area (Å²) in [6.07, 6.45) is 2.70. The quantitative estimate of drug-likeness (QED) is 0.249. The number of nitrogens with one attached hydrogen (secondary N) is 2. The van der Waals surface area contributed by atoms with Crippen molar-refractivity contribution in [2.24, 2.45) is 5.92 Å². The van der Waals surface area contributed by atoms with Gasteiger partial charge in [0.2, 0.25) is 5.95 Å². The predicted molar refractivity (Wildman–Crippen MR) is 143 cm³/mol. The van der Waals surface area contributed by atoms with E-state index in [1.54, 1.807) is 0 Å². The Hall–Kier alpha value is -3.63. The number of aliphatic hydroxyl groups excluding tert-OH is 1. The van der Waals surface area contributed by atoms with E-state index in [1.807, 2.05) is 12.1 Å². The summed E-state index contributed by atoms with van der Waals surface area (Å²) >= 11 is 0. The van der Waals surface area contributed by atoms with Gasteiger partial charge >= 0.3 is 0 Å². The average molecular weight is 520 g/mol. The molecule has 12 heteroatoms. The van der Waals surface area contributed by atoms with Crippen molar-refractivity contribution in [1.29, 1.82) is 5.26 Å². The van der Waals surface area contributed by atoms with Gasteiger partial charge in [-0.3, -0.25) is 14.6 Å². The van der Waals surface area contributed by atoms with Crippen LogP contribution in [0.4, 0.5) is 17.5 Å². The first kappa shape index (κ1) is 26.0. The van der Waals surface area contributed by atoms with Crippen LogP contribution in [0.3, 0.4) is 0 Å². The summed E-state index contributed by atoms with van der Waals surface area (Å²) in [6.45, 7) is 5.98. The smallest absolute Gasteiger partial charge is 0.277 e. The van der Waals surface area contributed by atoms with Crippen molar-refractivity contribution < 1.29 is 10.2 Å². The number of anilines is 3. The van der Waals surface area contributed by atoms with Crippen LogP contribution >= 0.6 is 0 Å². The van der Waals surface area contributed by atoms with E-state index in [1.165, 1.54) is 11.8 Å². The molecule has 0 radical (unpaired) electrons. The summed E-state index contributed by atoms with van der Waals surface area (Å²) in [6, 6.07) is 10.3. The fourth-order valence-electron chi connectivity index (χ4n) is 5.20. The van der Waals surface area contributed by atoms with Gasteiger partial charge in [-0.25, -0.2) is 10.1 Å². The van der Waals surface area contributed by atoms with Crippen molar-refractivity contribution in [3.05, 3.63) is 46.4 Å². The fourth-order valence-corrected chi connectivity index (χ4v) is 5.20. The fraction of sp³-hybridized carbons (Fsp3) is 0.500. The highest BCUT2D eigenvalue weighted by Crippen LogP contribution is 2.26. The Balaban J connectivity index is 1.28. The van der Waals surface area contributed by atoms with Crippen molar-refractivity contribution in [3.63, 3.8) is 0 Å². The number of benzene rings is 1. The van der Waals surface area contributed by atoms with Gasteiger partial charge in [0.15, 0.2) is 6.29 Å². The lowest BCUT2D eigenvalue weighted by molar-refractivity contribution is -0.0611. The highest BCUT2D eigenvalue weighted by molar-refractivity contribution is 5.90. The van der Waals surface area contributed by atoms with Gasteiger partial charge in [0.1, 0.15) is 16.7 Å². The molecule has 3 aromatic rings. The number of hydrogen-bond donors (Lipinski definition) is 4. The van der Waals surface area contributed by atoms with Crippen LogP contribution in [0.1, 0.15) is 24.8 Å². The van der Waals surface area contributed by atoms with Crippen molar-refractivity contribution in [1.82, 2.24) is 30.0 Å². The number of piperidine rings is 1. The molecule has 0 atom stereocenters. The van der Waals surface area contributed by atoms with Crippen LogP contribution in [0.2, 0.25) is 0 Å². The lowest BCUT2D eigenvalue weighted by Gasteiger charge is -2.33. The number of aliphatic hydroxyl groups is 2. The third-order valence-corrected chi connectivity index (χ3v) is 7.33. The molecule has 0 bridgehead atoms. The third kappa shape index (κ3) is 6.25. The zero-order valence-electron chi connectivity index (χ0n) is 21.3. The molecule has 12 nitrogen and oxygen atoms in total. The Labute approximate surface area is 220 Å². The van der Waals surface area contributed by atoms with Crippen LogP contribution in [0, 0.1) is 17.2 Å². The highest BCUT2D eigenvalue weighted by Gasteiger charge is 2.22. The van der Waals surface area contributed by atoms with Crippen LogP contribution in [0.15, 0.2) is 35.3 Å². The molecular formula is C26H33N9O3.